The van der Waals surface area contributed by atoms with Gasteiger partial charge in [-0.15, -0.1) is 0 Å². The Morgan fingerprint density at radius 1 is 0.833 bits per heavy atom. The van der Waals surface area contributed by atoms with Gasteiger partial charge in [0.2, 0.25) is 6.10 Å². The number of Topliss-reactive ketones (excluding diaryl/α,β-unsaturated/α-hetero) is 1. The van der Waals surface area contributed by atoms with E-state index in [0.717, 1.165) is 0 Å². The molecule has 3 fully saturated rings. The zero-order valence-corrected chi connectivity index (χ0v) is 37.9. The molecule has 4 aromatic rings. The van der Waals surface area contributed by atoms with Crippen LogP contribution in [-0.2, 0) is 35.6 Å². The first-order valence-corrected chi connectivity index (χ1v) is 22.4. The minimum atomic E-state index is -2.29. The topological polar surface area (TPSA) is 199 Å². The van der Waals surface area contributed by atoms with Crippen LogP contribution in [0.25, 0.3) is 0 Å². The summed E-state index contributed by atoms with van der Waals surface area (Å²) < 4.78 is 27.4. The highest BCUT2D eigenvalue weighted by Crippen LogP contribution is 2.67. The number of aryl methyl sites for hydroxylation is 1. The number of carbonyl (C=O) groups is 5. The predicted octanol–water partition coefficient (Wildman–Crippen LogP) is 5.09. The van der Waals surface area contributed by atoms with E-state index in [9.17, 15) is 29.7 Å². The van der Waals surface area contributed by atoms with E-state index >= 15 is 9.59 Å². The van der Waals surface area contributed by atoms with Gasteiger partial charge in [0.05, 0.1) is 29.1 Å². The number of nitrogens with zero attached hydrogens (tertiary/aromatic N) is 1. The zero-order chi connectivity index (χ0) is 47.3. The first-order chi connectivity index (χ1) is 31.3. The van der Waals surface area contributed by atoms with Crippen LogP contribution >= 0.6 is 0 Å². The molecule has 3 aromatic carbocycles. The van der Waals surface area contributed by atoms with Crippen LogP contribution in [0.5, 0.6) is 5.88 Å². The Balaban J connectivity index is 1.28. The number of fused-ring (bicyclic) bond motifs is 5. The maximum Gasteiger partial charge on any atom is 0.368 e. The number of amides is 1. The lowest BCUT2D eigenvalue weighted by Gasteiger charge is -2.68. The second-order valence-electron chi connectivity index (χ2n) is 18.9. The number of ether oxygens (including phenoxy) is 4. The molecule has 0 aliphatic heterocycles. The number of nitrogens with one attached hydrogen (secondary N) is 1. The molecular weight excluding hydrogens is 845 g/mol. The molecule has 1 amide bonds. The molecule has 14 nitrogen and oxygen atoms in total. The highest BCUT2D eigenvalue weighted by molar-refractivity contribution is 5.95. The summed E-state index contributed by atoms with van der Waals surface area (Å²) in [6.07, 6.45) is -6.03. The molecule has 8 rings (SSSR count). The molecule has 3 saturated carbocycles. The first kappa shape index (κ1) is 46.3. The highest BCUT2D eigenvalue weighted by atomic mass is 16.6. The summed E-state index contributed by atoms with van der Waals surface area (Å²) in [7, 11) is 1.72. The van der Waals surface area contributed by atoms with Crippen LogP contribution in [0.3, 0.4) is 0 Å². The number of aromatic nitrogens is 1. The second-order valence-corrected chi connectivity index (χ2v) is 18.9. The van der Waals surface area contributed by atoms with Crippen molar-refractivity contribution in [2.24, 2.45) is 29.7 Å². The Morgan fingerprint density at radius 3 is 2.03 bits per heavy atom. The van der Waals surface area contributed by atoms with Gasteiger partial charge >= 0.3 is 23.8 Å². The summed E-state index contributed by atoms with van der Waals surface area (Å²) in [5.41, 5.74) is -6.13. The van der Waals surface area contributed by atoms with Gasteiger partial charge in [-0.3, -0.25) is 14.4 Å². The molecule has 0 saturated heterocycles. The second kappa shape index (κ2) is 17.5. The average Bonchev–Trinajstić information content (AvgIpc) is 3.30. The van der Waals surface area contributed by atoms with Crippen LogP contribution in [0.1, 0.15) is 92.6 Å². The van der Waals surface area contributed by atoms with Crippen molar-refractivity contribution in [3.8, 4) is 5.88 Å². The maximum absolute atomic E-state index is 15.3. The molecule has 14 heteroatoms. The quantitative estimate of drug-likeness (QED) is 0.0675. The van der Waals surface area contributed by atoms with Crippen LogP contribution in [0.2, 0.25) is 0 Å². The Hall–Kier alpha value is -6.22. The Labute approximate surface area is 383 Å². The molecular formula is C52H57N2O12+. The van der Waals surface area contributed by atoms with Crippen LogP contribution < -0.4 is 14.6 Å². The number of hydrogen-bond donors (Lipinski definition) is 4. The van der Waals surface area contributed by atoms with E-state index in [1.54, 1.807) is 136 Å². The summed E-state index contributed by atoms with van der Waals surface area (Å²) in [6, 6.07) is 29.3. The minimum absolute atomic E-state index is 0.00729. The van der Waals surface area contributed by atoms with Crippen LogP contribution in [0.15, 0.2) is 127 Å². The predicted molar refractivity (Wildman–Crippen MR) is 237 cm³/mol. The Bertz CT molecular complexity index is 2550. The smallest absolute Gasteiger partial charge is 0.368 e. The molecule has 2 bridgehead atoms. The molecule has 4 aliphatic rings. The van der Waals surface area contributed by atoms with Crippen LogP contribution in [0, 0.1) is 22.7 Å². The number of aliphatic hydroxyl groups is 3. The molecule has 11 atom stereocenters. The SMILES string of the molecule is CC(=O)O[C@@]12CC[C@@H]1CC(O)[C@@]1(C)C(=O)C(O)C3=C(C)C(OC(=O)C(Oc4cccc[n+]4C)C(NC(=O)c4ccccc4)c4ccccc4)CC(O)(C(OC(=O)c4ccccc4)C12)C3(C)C. The third kappa shape index (κ3) is 7.68. The normalized spacial score (nSPS) is 30.7. The highest BCUT2D eigenvalue weighted by Gasteiger charge is 2.77. The molecule has 0 spiro atoms. The molecule has 346 valence electrons. The summed E-state index contributed by atoms with van der Waals surface area (Å²) in [5, 5.41) is 41.4. The van der Waals surface area contributed by atoms with Crippen molar-refractivity contribution in [3.63, 3.8) is 0 Å². The molecule has 4 aliphatic carbocycles. The van der Waals surface area contributed by atoms with Crippen molar-refractivity contribution < 1.29 is 62.8 Å². The molecule has 1 aromatic heterocycles. The van der Waals surface area contributed by atoms with Crippen molar-refractivity contribution in [1.82, 2.24) is 5.32 Å². The van der Waals surface area contributed by atoms with Gasteiger partial charge in [-0.1, -0.05) is 80.6 Å². The summed E-state index contributed by atoms with van der Waals surface area (Å²) >= 11 is 0. The van der Waals surface area contributed by atoms with E-state index in [1.807, 2.05) is 0 Å². The van der Waals surface area contributed by atoms with E-state index < -0.39 is 106 Å². The minimum Gasteiger partial charge on any atom is -0.458 e. The fourth-order valence-corrected chi connectivity index (χ4v) is 11.3. The number of ketones is 1. The number of pyridine rings is 1. The van der Waals surface area contributed by atoms with Crippen molar-refractivity contribution in [3.05, 3.63) is 143 Å². The number of hydrogen-bond acceptors (Lipinski definition) is 12. The van der Waals surface area contributed by atoms with Gasteiger partial charge in [0.25, 0.3) is 5.91 Å². The monoisotopic (exact) mass is 901 g/mol. The lowest BCUT2D eigenvalue weighted by Crippen LogP contribution is -2.78. The van der Waals surface area contributed by atoms with Crippen molar-refractivity contribution >= 4 is 29.6 Å². The van der Waals surface area contributed by atoms with Gasteiger partial charge in [0, 0.05) is 36.3 Å². The zero-order valence-electron chi connectivity index (χ0n) is 37.9. The fourth-order valence-electron chi connectivity index (χ4n) is 11.3. The number of aliphatic hydroxyl groups excluding tert-OH is 2. The third-order valence-electron chi connectivity index (χ3n) is 15.0. The summed E-state index contributed by atoms with van der Waals surface area (Å²) in [6.45, 7) is 7.54. The summed E-state index contributed by atoms with van der Waals surface area (Å²) in [5.74, 6) is -5.49. The van der Waals surface area contributed by atoms with Gasteiger partial charge in [0.15, 0.2) is 12.0 Å². The van der Waals surface area contributed by atoms with Gasteiger partial charge in [-0.2, -0.15) is 4.57 Å². The molecule has 8 unspecified atom stereocenters. The van der Waals surface area contributed by atoms with Crippen LogP contribution in [-0.4, -0.2) is 86.6 Å². The van der Waals surface area contributed by atoms with Crippen molar-refractivity contribution in [2.75, 3.05) is 0 Å². The van der Waals surface area contributed by atoms with Crippen molar-refractivity contribution in [1.29, 1.82) is 0 Å². The molecule has 1 heterocycles. The average molecular weight is 902 g/mol. The first-order valence-electron chi connectivity index (χ1n) is 22.4. The molecule has 0 radical (unpaired) electrons. The summed E-state index contributed by atoms with van der Waals surface area (Å²) in [4.78, 5) is 71.9. The van der Waals surface area contributed by atoms with Crippen LogP contribution in [0.4, 0.5) is 0 Å². The van der Waals surface area contributed by atoms with E-state index in [0.29, 0.717) is 17.5 Å². The van der Waals surface area contributed by atoms with Gasteiger partial charge < -0.3 is 39.6 Å². The fraction of sp³-hybridized carbons (Fsp3) is 0.423. The number of benzene rings is 3. The Morgan fingerprint density at radius 2 is 1.44 bits per heavy atom. The standard InChI is InChI=1S/C52H56N2O12/c1-30-36(63-48(61)42(64-38-24-16-17-27-54(38)6)40(32-18-10-7-11-19-32)53-46(59)33-20-12-8-13-21-33)29-52(62)45(65-47(60)34-22-14-9-15-23-34)43-50(5,44(58)41(57)39(30)49(52,3)4)37(56)28-35-25-26-51(35,43)66-31(2)55/h7-24,27,35-37,40-43,45,56-57,62H,25-26,28-29H2,1-6H3/p+1/t35-,36?,37?,40?,41?,42?,43?,45?,50-,51+,52?/m1/s1. The maximum atomic E-state index is 15.3. The van der Waals surface area contributed by atoms with E-state index in [4.69, 9.17) is 18.9 Å². The van der Waals surface area contributed by atoms with E-state index in [1.165, 1.54) is 26.0 Å². The van der Waals surface area contributed by atoms with Crippen molar-refractivity contribution in [2.45, 2.75) is 108 Å². The van der Waals surface area contributed by atoms with Gasteiger partial charge in [-0.05, 0) is 80.2 Å². The van der Waals surface area contributed by atoms with E-state index in [-0.39, 0.29) is 35.4 Å². The Kier molecular flexibility index (Phi) is 12.3. The van der Waals surface area contributed by atoms with Gasteiger partial charge in [0.1, 0.15) is 42.6 Å². The number of carbonyl (C=O) groups excluding carboxylic acids is 5. The third-order valence-corrected chi connectivity index (χ3v) is 15.0. The number of rotatable bonds is 11. The van der Waals surface area contributed by atoms with E-state index in [2.05, 4.69) is 5.32 Å². The lowest BCUT2D eigenvalue weighted by molar-refractivity contribution is -0.677. The molecule has 4 N–H and O–H groups in total. The van der Waals surface area contributed by atoms with Gasteiger partial charge in [-0.25, -0.2) is 9.59 Å². The number of esters is 3. The molecule has 66 heavy (non-hydrogen) atoms. The largest absolute Gasteiger partial charge is 0.458 e. The lowest BCUT2D eigenvalue weighted by atomic mass is 9.41.